The number of hydrogen-bond acceptors (Lipinski definition) is 4. The number of piperidine rings is 1. The molecule has 3 aliphatic heterocycles. The highest BCUT2D eigenvalue weighted by atomic mass is 16.6. The van der Waals surface area contributed by atoms with Crippen molar-refractivity contribution >= 4 is 12.1 Å². The molecular formula is C18H30N4O3. The fourth-order valence-corrected chi connectivity index (χ4v) is 5.23. The largest absolute Gasteiger partial charge is 0.450 e. The lowest BCUT2D eigenvalue weighted by Crippen LogP contribution is -2.56. The number of ether oxygens (including phenoxy) is 1. The predicted octanol–water partition coefficient (Wildman–Crippen LogP) is 1.49. The van der Waals surface area contributed by atoms with Crippen LogP contribution >= 0.6 is 0 Å². The summed E-state index contributed by atoms with van der Waals surface area (Å²) in [6, 6.07) is 1.19. The quantitative estimate of drug-likeness (QED) is 0.837. The first-order chi connectivity index (χ1) is 12.1. The Balaban J connectivity index is 1.23. The van der Waals surface area contributed by atoms with Crippen LogP contribution in [0.5, 0.6) is 0 Å². The molecule has 0 aromatic rings. The van der Waals surface area contributed by atoms with Gasteiger partial charge in [-0.1, -0.05) is 0 Å². The Morgan fingerprint density at radius 3 is 2.60 bits per heavy atom. The van der Waals surface area contributed by atoms with Crippen molar-refractivity contribution in [3.63, 3.8) is 0 Å². The summed E-state index contributed by atoms with van der Waals surface area (Å²) in [6.07, 6.45) is 5.56. The smallest absolute Gasteiger partial charge is 0.409 e. The standard InChI is InChI=1S/C18H30N4O3/c1-2-25-17(24)21-9-5-18(13-21)11-15(12-18)20-7-3-14(4-8-20)22-10-6-19-16(22)23/h14-15H,2-13H2,1H3,(H,19,23). The van der Waals surface area contributed by atoms with Crippen molar-refractivity contribution in [3.05, 3.63) is 0 Å². The first-order valence-electron chi connectivity index (χ1n) is 9.80. The molecule has 140 valence electrons. The second kappa shape index (κ2) is 6.67. The Kier molecular flexibility index (Phi) is 4.52. The topological polar surface area (TPSA) is 65.1 Å². The lowest BCUT2D eigenvalue weighted by atomic mass is 9.64. The molecule has 1 aliphatic carbocycles. The third-order valence-corrected chi connectivity index (χ3v) is 6.65. The number of urea groups is 1. The van der Waals surface area contributed by atoms with Crippen LogP contribution in [0.3, 0.4) is 0 Å². The minimum atomic E-state index is -0.146. The molecule has 1 saturated carbocycles. The van der Waals surface area contributed by atoms with Gasteiger partial charge in [-0.3, -0.25) is 0 Å². The van der Waals surface area contributed by atoms with Crippen molar-refractivity contribution in [2.45, 2.75) is 51.1 Å². The van der Waals surface area contributed by atoms with E-state index in [-0.39, 0.29) is 12.1 Å². The van der Waals surface area contributed by atoms with E-state index in [1.807, 2.05) is 16.7 Å². The van der Waals surface area contributed by atoms with E-state index in [0.29, 0.717) is 24.1 Å². The molecule has 0 aromatic heterocycles. The SMILES string of the molecule is CCOC(=O)N1CCC2(CC(N3CCC(N4CCNC4=O)CC3)C2)C1. The normalized spacial score (nSPS) is 33.6. The van der Waals surface area contributed by atoms with Crippen LogP contribution in [0.1, 0.15) is 39.0 Å². The zero-order valence-corrected chi connectivity index (χ0v) is 15.2. The molecular weight excluding hydrogens is 320 g/mol. The van der Waals surface area contributed by atoms with Gasteiger partial charge in [0.2, 0.25) is 0 Å². The Labute approximate surface area is 149 Å². The number of likely N-dealkylation sites (tertiary alicyclic amines) is 2. The minimum absolute atomic E-state index is 0.117. The molecule has 0 aromatic carbocycles. The van der Waals surface area contributed by atoms with Crippen molar-refractivity contribution in [2.75, 3.05) is 45.9 Å². The summed E-state index contributed by atoms with van der Waals surface area (Å²) in [7, 11) is 0. The van der Waals surface area contributed by atoms with E-state index in [4.69, 9.17) is 4.74 Å². The van der Waals surface area contributed by atoms with Gasteiger partial charge in [0.15, 0.2) is 0 Å². The van der Waals surface area contributed by atoms with E-state index in [2.05, 4.69) is 10.2 Å². The summed E-state index contributed by atoms with van der Waals surface area (Å²) >= 11 is 0. The summed E-state index contributed by atoms with van der Waals surface area (Å²) in [5, 5.41) is 2.91. The number of carbonyl (C=O) groups excluding carboxylic acids is 2. The van der Waals surface area contributed by atoms with E-state index in [9.17, 15) is 9.59 Å². The minimum Gasteiger partial charge on any atom is -0.450 e. The molecule has 7 heteroatoms. The first kappa shape index (κ1) is 16.9. The lowest BCUT2D eigenvalue weighted by Gasteiger charge is -2.52. The molecule has 7 nitrogen and oxygen atoms in total. The van der Waals surface area contributed by atoms with Crippen molar-refractivity contribution in [2.24, 2.45) is 5.41 Å². The van der Waals surface area contributed by atoms with E-state index >= 15 is 0 Å². The van der Waals surface area contributed by atoms with E-state index in [1.165, 1.54) is 12.8 Å². The highest BCUT2D eigenvalue weighted by Gasteiger charge is 2.51. The van der Waals surface area contributed by atoms with Crippen LogP contribution in [0.2, 0.25) is 0 Å². The van der Waals surface area contributed by atoms with Gasteiger partial charge in [-0.25, -0.2) is 9.59 Å². The molecule has 25 heavy (non-hydrogen) atoms. The maximum Gasteiger partial charge on any atom is 0.409 e. The molecule has 3 amide bonds. The van der Waals surface area contributed by atoms with Crippen molar-refractivity contribution in [1.82, 2.24) is 20.0 Å². The van der Waals surface area contributed by atoms with Gasteiger partial charge in [0, 0.05) is 51.4 Å². The van der Waals surface area contributed by atoms with Gasteiger partial charge in [0.25, 0.3) is 0 Å². The fraction of sp³-hybridized carbons (Fsp3) is 0.889. The Morgan fingerprint density at radius 1 is 1.20 bits per heavy atom. The second-order valence-electron chi connectivity index (χ2n) is 8.13. The van der Waals surface area contributed by atoms with E-state index < -0.39 is 0 Å². The summed E-state index contributed by atoms with van der Waals surface area (Å²) < 4.78 is 5.14. The lowest BCUT2D eigenvalue weighted by molar-refractivity contribution is -0.0115. The Morgan fingerprint density at radius 2 is 1.96 bits per heavy atom. The van der Waals surface area contributed by atoms with Gasteiger partial charge in [0.1, 0.15) is 0 Å². The summed E-state index contributed by atoms with van der Waals surface area (Å²) in [5.41, 5.74) is 0.336. The van der Waals surface area contributed by atoms with E-state index in [0.717, 1.165) is 58.5 Å². The van der Waals surface area contributed by atoms with Gasteiger partial charge in [-0.05, 0) is 44.4 Å². The van der Waals surface area contributed by atoms with Gasteiger partial charge in [-0.2, -0.15) is 0 Å². The molecule has 4 aliphatic rings. The average molecular weight is 350 g/mol. The maximum atomic E-state index is 11.9. The third kappa shape index (κ3) is 3.18. The molecule has 4 fully saturated rings. The van der Waals surface area contributed by atoms with Crippen LogP contribution in [0, 0.1) is 5.41 Å². The molecule has 3 saturated heterocycles. The Bertz CT molecular complexity index is 526. The molecule has 0 bridgehead atoms. The molecule has 0 unspecified atom stereocenters. The Hall–Kier alpha value is -1.50. The highest BCUT2D eigenvalue weighted by molar-refractivity contribution is 5.76. The number of hydrogen-bond donors (Lipinski definition) is 1. The maximum absolute atomic E-state index is 11.9. The van der Waals surface area contributed by atoms with Gasteiger partial charge < -0.3 is 24.8 Å². The van der Waals surface area contributed by atoms with Crippen LogP contribution in [-0.4, -0.2) is 84.8 Å². The van der Waals surface area contributed by atoms with Crippen LogP contribution < -0.4 is 5.32 Å². The van der Waals surface area contributed by atoms with Crippen LogP contribution in [0.4, 0.5) is 9.59 Å². The number of nitrogens with zero attached hydrogens (tertiary/aromatic N) is 3. The molecule has 3 heterocycles. The third-order valence-electron chi connectivity index (χ3n) is 6.65. The molecule has 0 radical (unpaired) electrons. The number of amides is 3. The number of nitrogens with one attached hydrogen (secondary N) is 1. The second-order valence-corrected chi connectivity index (χ2v) is 8.13. The zero-order valence-electron chi connectivity index (χ0n) is 15.2. The van der Waals surface area contributed by atoms with Crippen molar-refractivity contribution in [1.29, 1.82) is 0 Å². The van der Waals surface area contributed by atoms with Gasteiger partial charge in [0.05, 0.1) is 6.61 Å². The molecule has 0 atom stereocenters. The van der Waals surface area contributed by atoms with Crippen molar-refractivity contribution < 1.29 is 14.3 Å². The monoisotopic (exact) mass is 350 g/mol. The zero-order chi connectivity index (χ0) is 17.4. The average Bonchev–Trinajstić information content (AvgIpc) is 3.21. The van der Waals surface area contributed by atoms with E-state index in [1.54, 1.807) is 0 Å². The molecule has 4 rings (SSSR count). The predicted molar refractivity (Wildman–Crippen MR) is 93.4 cm³/mol. The van der Waals surface area contributed by atoms with Crippen molar-refractivity contribution in [3.8, 4) is 0 Å². The first-order valence-corrected chi connectivity index (χ1v) is 9.80. The van der Waals surface area contributed by atoms with Crippen LogP contribution in [0.15, 0.2) is 0 Å². The number of carbonyl (C=O) groups is 2. The molecule has 1 N–H and O–H groups in total. The van der Waals surface area contributed by atoms with Gasteiger partial charge in [-0.15, -0.1) is 0 Å². The van der Waals surface area contributed by atoms with Gasteiger partial charge >= 0.3 is 12.1 Å². The van der Waals surface area contributed by atoms with Crippen LogP contribution in [-0.2, 0) is 4.74 Å². The highest BCUT2D eigenvalue weighted by Crippen LogP contribution is 2.50. The summed E-state index contributed by atoms with van der Waals surface area (Å²) in [5.74, 6) is 0. The number of rotatable bonds is 3. The summed E-state index contributed by atoms with van der Waals surface area (Å²) in [4.78, 5) is 30.2. The van der Waals surface area contributed by atoms with Crippen LogP contribution in [0.25, 0.3) is 0 Å². The summed E-state index contributed by atoms with van der Waals surface area (Å²) in [6.45, 7) is 7.87. The molecule has 1 spiro atoms. The fourth-order valence-electron chi connectivity index (χ4n) is 5.23.